The number of nitrogens with zero attached hydrogens (tertiary/aromatic N) is 1. The van der Waals surface area contributed by atoms with Crippen LogP contribution in [0.15, 0.2) is 12.3 Å². The Labute approximate surface area is 99.4 Å². The molecule has 0 aromatic carbocycles. The van der Waals surface area contributed by atoms with Crippen LogP contribution in [0, 0.1) is 0 Å². The second-order valence-electron chi connectivity index (χ2n) is 3.29. The summed E-state index contributed by atoms with van der Waals surface area (Å²) in [6, 6.07) is 1.58. The van der Waals surface area contributed by atoms with Gasteiger partial charge >= 0.3 is 0 Å². The molecule has 0 aliphatic carbocycles. The molecule has 0 aliphatic rings. The molecular formula is C10H15ClN4O. The minimum Gasteiger partial charge on any atom is -0.396 e. The number of pyridine rings is 1. The highest BCUT2D eigenvalue weighted by Gasteiger charge is 2.04. The number of nitrogens with two attached hydrogens (primary N) is 1. The van der Waals surface area contributed by atoms with Gasteiger partial charge in [0.15, 0.2) is 0 Å². The van der Waals surface area contributed by atoms with Crippen LogP contribution in [0.4, 0.5) is 11.5 Å². The summed E-state index contributed by atoms with van der Waals surface area (Å²) in [4.78, 5) is 15.3. The highest BCUT2D eigenvalue weighted by atomic mass is 35.5. The topological polar surface area (TPSA) is 80.0 Å². The number of aromatic nitrogens is 1. The fourth-order valence-corrected chi connectivity index (χ4v) is 1.26. The molecule has 4 N–H and O–H groups in total. The maximum absolute atomic E-state index is 11.3. The van der Waals surface area contributed by atoms with Gasteiger partial charge in [0.1, 0.15) is 5.82 Å². The number of anilines is 2. The van der Waals surface area contributed by atoms with Gasteiger partial charge in [-0.2, -0.15) is 0 Å². The lowest BCUT2D eigenvalue weighted by Gasteiger charge is -2.08. The quantitative estimate of drug-likeness (QED) is 0.726. The van der Waals surface area contributed by atoms with Gasteiger partial charge in [0.05, 0.1) is 17.3 Å². The average molecular weight is 243 g/mol. The summed E-state index contributed by atoms with van der Waals surface area (Å²) in [5, 5.41) is 6.05. The number of rotatable bonds is 5. The first-order valence-electron chi connectivity index (χ1n) is 5.05. The van der Waals surface area contributed by atoms with Crippen LogP contribution in [0.5, 0.6) is 0 Å². The number of carbonyl (C=O) groups is 1. The molecular weight excluding hydrogens is 228 g/mol. The average Bonchev–Trinajstić information content (AvgIpc) is 2.25. The van der Waals surface area contributed by atoms with Crippen LogP contribution in [0.2, 0.25) is 5.02 Å². The summed E-state index contributed by atoms with van der Waals surface area (Å²) in [5.74, 6) is 0.383. The fourth-order valence-electron chi connectivity index (χ4n) is 1.09. The Bertz CT molecular complexity index is 370. The summed E-state index contributed by atoms with van der Waals surface area (Å²) < 4.78 is 0. The lowest BCUT2D eigenvalue weighted by atomic mass is 10.4. The van der Waals surface area contributed by atoms with Crippen molar-refractivity contribution in [3.8, 4) is 0 Å². The Balaban J connectivity index is 2.45. The van der Waals surface area contributed by atoms with E-state index in [0.29, 0.717) is 23.1 Å². The molecule has 5 nitrogen and oxygen atoms in total. The number of carbonyl (C=O) groups excluding carboxylic acids is 1. The van der Waals surface area contributed by atoms with E-state index >= 15 is 0 Å². The molecule has 1 aromatic rings. The van der Waals surface area contributed by atoms with Gasteiger partial charge in [-0.15, -0.1) is 0 Å². The standard InChI is InChI=1S/C10H15ClN4O/c1-2-3-13-9(16)6-15-10-8(12)4-7(11)5-14-10/h4-5H,2-3,6,12H2,1H3,(H,13,16)(H,14,15). The van der Waals surface area contributed by atoms with Crippen LogP contribution in [0.3, 0.4) is 0 Å². The van der Waals surface area contributed by atoms with E-state index in [4.69, 9.17) is 17.3 Å². The minimum absolute atomic E-state index is 0.0852. The normalized spacial score (nSPS) is 9.88. The number of amides is 1. The first-order chi connectivity index (χ1) is 7.63. The lowest BCUT2D eigenvalue weighted by Crippen LogP contribution is -2.30. The van der Waals surface area contributed by atoms with Crippen molar-refractivity contribution < 1.29 is 4.79 Å². The van der Waals surface area contributed by atoms with Crippen LogP contribution in [-0.4, -0.2) is 24.0 Å². The highest BCUT2D eigenvalue weighted by Crippen LogP contribution is 2.18. The molecule has 0 aliphatic heterocycles. The van der Waals surface area contributed by atoms with Gasteiger partial charge < -0.3 is 16.4 Å². The van der Waals surface area contributed by atoms with Crippen molar-refractivity contribution in [2.24, 2.45) is 0 Å². The molecule has 88 valence electrons. The minimum atomic E-state index is -0.0852. The van der Waals surface area contributed by atoms with Crippen molar-refractivity contribution in [1.82, 2.24) is 10.3 Å². The molecule has 0 bridgehead atoms. The third-order valence-electron chi connectivity index (χ3n) is 1.87. The van der Waals surface area contributed by atoms with Crippen molar-refractivity contribution in [2.45, 2.75) is 13.3 Å². The van der Waals surface area contributed by atoms with Crippen molar-refractivity contribution in [2.75, 3.05) is 24.1 Å². The Morgan fingerprint density at radius 2 is 2.38 bits per heavy atom. The van der Waals surface area contributed by atoms with E-state index in [1.165, 1.54) is 6.20 Å². The number of hydrogen-bond donors (Lipinski definition) is 3. The summed E-state index contributed by atoms with van der Waals surface area (Å²) in [6.45, 7) is 2.81. The van der Waals surface area contributed by atoms with E-state index in [0.717, 1.165) is 6.42 Å². The summed E-state index contributed by atoms with van der Waals surface area (Å²) in [5.41, 5.74) is 6.09. The Morgan fingerprint density at radius 3 is 3.00 bits per heavy atom. The third kappa shape index (κ3) is 3.94. The van der Waals surface area contributed by atoms with Crippen LogP contribution in [0.1, 0.15) is 13.3 Å². The first-order valence-corrected chi connectivity index (χ1v) is 5.43. The largest absolute Gasteiger partial charge is 0.396 e. The molecule has 1 rings (SSSR count). The van der Waals surface area contributed by atoms with Gasteiger partial charge in [-0.1, -0.05) is 18.5 Å². The van der Waals surface area contributed by atoms with E-state index < -0.39 is 0 Å². The van der Waals surface area contributed by atoms with Gasteiger partial charge in [-0.05, 0) is 12.5 Å². The summed E-state index contributed by atoms with van der Waals surface area (Å²) in [6.07, 6.45) is 2.39. The first kappa shape index (κ1) is 12.6. The molecule has 1 amide bonds. The molecule has 6 heteroatoms. The maximum Gasteiger partial charge on any atom is 0.239 e. The lowest BCUT2D eigenvalue weighted by molar-refractivity contribution is -0.119. The number of hydrogen-bond acceptors (Lipinski definition) is 4. The van der Waals surface area contributed by atoms with E-state index in [2.05, 4.69) is 15.6 Å². The van der Waals surface area contributed by atoms with Crippen LogP contribution < -0.4 is 16.4 Å². The fraction of sp³-hybridized carbons (Fsp3) is 0.400. The summed E-state index contributed by atoms with van der Waals surface area (Å²) in [7, 11) is 0. The van der Waals surface area contributed by atoms with E-state index in [9.17, 15) is 4.79 Å². The Morgan fingerprint density at radius 1 is 1.62 bits per heavy atom. The predicted octanol–water partition coefficient (Wildman–Crippen LogP) is 1.26. The number of halogens is 1. The Hall–Kier alpha value is -1.49. The Kier molecular flexibility index (Phi) is 4.85. The highest BCUT2D eigenvalue weighted by molar-refractivity contribution is 6.30. The van der Waals surface area contributed by atoms with Crippen molar-refractivity contribution >= 4 is 29.0 Å². The predicted molar refractivity (Wildman–Crippen MR) is 65.4 cm³/mol. The van der Waals surface area contributed by atoms with Gasteiger partial charge in [0.2, 0.25) is 5.91 Å². The van der Waals surface area contributed by atoms with Gasteiger partial charge in [-0.25, -0.2) is 4.98 Å². The molecule has 1 aromatic heterocycles. The van der Waals surface area contributed by atoms with Gasteiger partial charge in [-0.3, -0.25) is 4.79 Å². The smallest absolute Gasteiger partial charge is 0.239 e. The van der Waals surface area contributed by atoms with Crippen LogP contribution in [0.25, 0.3) is 0 Å². The maximum atomic E-state index is 11.3. The van der Waals surface area contributed by atoms with Gasteiger partial charge in [0.25, 0.3) is 0 Å². The molecule has 0 fully saturated rings. The van der Waals surface area contributed by atoms with Crippen molar-refractivity contribution in [1.29, 1.82) is 0 Å². The third-order valence-corrected chi connectivity index (χ3v) is 2.08. The molecule has 0 radical (unpaired) electrons. The van der Waals surface area contributed by atoms with E-state index in [1.54, 1.807) is 6.07 Å². The van der Waals surface area contributed by atoms with Crippen molar-refractivity contribution in [3.63, 3.8) is 0 Å². The zero-order valence-electron chi connectivity index (χ0n) is 9.09. The molecule has 0 saturated carbocycles. The zero-order valence-corrected chi connectivity index (χ0v) is 9.84. The molecule has 0 saturated heterocycles. The second kappa shape index (κ2) is 6.17. The SMILES string of the molecule is CCCNC(=O)CNc1ncc(Cl)cc1N. The second-order valence-corrected chi connectivity index (χ2v) is 3.73. The monoisotopic (exact) mass is 242 g/mol. The van der Waals surface area contributed by atoms with Gasteiger partial charge in [0, 0.05) is 12.7 Å². The number of nitrogen functional groups attached to an aromatic ring is 1. The number of nitrogens with one attached hydrogen (secondary N) is 2. The zero-order chi connectivity index (χ0) is 12.0. The van der Waals surface area contributed by atoms with Crippen LogP contribution in [-0.2, 0) is 4.79 Å². The molecule has 16 heavy (non-hydrogen) atoms. The summed E-state index contributed by atoms with van der Waals surface area (Å²) >= 11 is 5.70. The molecule has 1 heterocycles. The molecule has 0 unspecified atom stereocenters. The molecule has 0 atom stereocenters. The molecule has 0 spiro atoms. The van der Waals surface area contributed by atoms with Crippen LogP contribution >= 0.6 is 11.6 Å². The van der Waals surface area contributed by atoms with E-state index in [1.807, 2.05) is 6.92 Å². The van der Waals surface area contributed by atoms with E-state index in [-0.39, 0.29) is 12.5 Å². The van der Waals surface area contributed by atoms with Crippen molar-refractivity contribution in [3.05, 3.63) is 17.3 Å².